The minimum atomic E-state index is 0.530. The van der Waals surface area contributed by atoms with Crippen LogP contribution in [0.5, 0.6) is 0 Å². The lowest BCUT2D eigenvalue weighted by atomic mass is 9.99. The van der Waals surface area contributed by atoms with Gasteiger partial charge < -0.3 is 8.83 Å². The summed E-state index contributed by atoms with van der Waals surface area (Å²) in [7, 11) is 0. The Kier molecular flexibility index (Phi) is 7.38. The molecule has 0 fully saturated rings. The third kappa shape index (κ3) is 5.43. The quantitative estimate of drug-likeness (QED) is 0.170. The maximum atomic E-state index is 6.40. The molecule has 0 saturated carbocycles. The van der Waals surface area contributed by atoms with E-state index in [4.69, 9.17) is 28.8 Å². The summed E-state index contributed by atoms with van der Waals surface area (Å²) < 4.78 is 12.8. The molecule has 0 aliphatic carbocycles. The van der Waals surface area contributed by atoms with Gasteiger partial charge in [-0.05, 0) is 52.6 Å². The molecule has 4 aromatic heterocycles. The highest BCUT2D eigenvalue weighted by Gasteiger charge is 2.21. The molecule has 4 heterocycles. The van der Waals surface area contributed by atoms with Crippen LogP contribution in [-0.4, -0.2) is 19.9 Å². The second-order valence-electron chi connectivity index (χ2n) is 13.8. The van der Waals surface area contributed by atoms with Gasteiger partial charge in [-0.2, -0.15) is 9.97 Å². The first-order chi connectivity index (χ1) is 27.7. The molecule has 0 atom stereocenters. The van der Waals surface area contributed by atoms with Crippen LogP contribution in [0.4, 0.5) is 0 Å². The Labute approximate surface area is 321 Å². The number of aromatic nitrogens is 4. The molecule has 6 nitrogen and oxygen atoms in total. The van der Waals surface area contributed by atoms with Crippen molar-refractivity contribution >= 4 is 44.1 Å². The second kappa shape index (κ2) is 13.0. The van der Waals surface area contributed by atoms with Crippen LogP contribution < -0.4 is 0 Å². The largest absolute Gasteiger partial charge is 0.438 e. The molecule has 0 bridgehead atoms. The minimum absolute atomic E-state index is 0.530. The van der Waals surface area contributed by atoms with E-state index in [1.807, 2.05) is 72.8 Å². The lowest BCUT2D eigenvalue weighted by Gasteiger charge is -2.11. The van der Waals surface area contributed by atoms with Gasteiger partial charge in [-0.1, -0.05) is 152 Å². The SMILES string of the molecule is c1ccc(-c2cccc(-c3nc(-c4cccc(-c5nc(-c6cccc(-c7ccccc7)c6)c6c(n5)oc5ccccc56)c4)nc4oc5ccccc5c34)c2)cc1. The summed E-state index contributed by atoms with van der Waals surface area (Å²) >= 11 is 0. The Morgan fingerprint density at radius 2 is 0.643 bits per heavy atom. The van der Waals surface area contributed by atoms with E-state index in [0.717, 1.165) is 88.6 Å². The fourth-order valence-corrected chi connectivity index (χ4v) is 7.67. The van der Waals surface area contributed by atoms with Crippen molar-refractivity contribution in [2.75, 3.05) is 0 Å². The van der Waals surface area contributed by atoms with E-state index in [1.54, 1.807) is 0 Å². The standard InChI is InChI=1S/C50H30N4O2/c1-3-14-31(15-4-1)33-18-11-20-35(28-33)45-43-39-24-7-9-26-41(39)55-49(43)53-47(51-45)37-22-13-23-38(30-37)48-52-46(44-40-25-8-10-27-42(40)56-50(44)54-48)36-21-12-19-34(29-36)32-16-5-2-6-17-32/h1-30H. The van der Waals surface area contributed by atoms with Gasteiger partial charge in [0.05, 0.1) is 22.2 Å². The van der Waals surface area contributed by atoms with Crippen molar-refractivity contribution in [2.24, 2.45) is 0 Å². The number of furan rings is 2. The fourth-order valence-electron chi connectivity index (χ4n) is 7.67. The summed E-state index contributed by atoms with van der Waals surface area (Å²) in [6.45, 7) is 0. The van der Waals surface area contributed by atoms with Gasteiger partial charge in [0.1, 0.15) is 11.2 Å². The Bertz CT molecular complexity index is 3040. The molecular weight excluding hydrogens is 689 g/mol. The van der Waals surface area contributed by atoms with Crippen LogP contribution >= 0.6 is 0 Å². The Morgan fingerprint density at radius 1 is 0.286 bits per heavy atom. The molecule has 0 amide bonds. The highest BCUT2D eigenvalue weighted by atomic mass is 16.3. The smallest absolute Gasteiger partial charge is 0.231 e. The van der Waals surface area contributed by atoms with Crippen LogP contribution in [0.15, 0.2) is 191 Å². The molecular formula is C50H30N4O2. The Morgan fingerprint density at radius 3 is 1.11 bits per heavy atom. The normalized spacial score (nSPS) is 11.6. The fraction of sp³-hybridized carbons (Fsp3) is 0. The van der Waals surface area contributed by atoms with Gasteiger partial charge in [-0.15, -0.1) is 0 Å². The summed E-state index contributed by atoms with van der Waals surface area (Å²) in [5.41, 5.74) is 12.3. The molecule has 0 aliphatic rings. The molecule has 0 N–H and O–H groups in total. The van der Waals surface area contributed by atoms with E-state index in [-0.39, 0.29) is 0 Å². The van der Waals surface area contributed by atoms with E-state index in [1.165, 1.54) is 0 Å². The maximum Gasteiger partial charge on any atom is 0.231 e. The highest BCUT2D eigenvalue weighted by molar-refractivity contribution is 6.12. The van der Waals surface area contributed by atoms with Gasteiger partial charge in [0, 0.05) is 33.0 Å². The monoisotopic (exact) mass is 718 g/mol. The Balaban J connectivity index is 1.08. The molecule has 0 unspecified atom stereocenters. The maximum absolute atomic E-state index is 6.40. The van der Waals surface area contributed by atoms with Crippen molar-refractivity contribution in [3.05, 3.63) is 182 Å². The van der Waals surface area contributed by atoms with Crippen molar-refractivity contribution in [3.8, 4) is 67.5 Å². The lowest BCUT2D eigenvalue weighted by molar-refractivity contribution is 0.653. The van der Waals surface area contributed by atoms with Crippen LogP contribution in [-0.2, 0) is 0 Å². The summed E-state index contributed by atoms with van der Waals surface area (Å²) in [6, 6.07) is 61.9. The molecule has 11 aromatic rings. The van der Waals surface area contributed by atoms with E-state index >= 15 is 0 Å². The number of para-hydroxylation sites is 2. The minimum Gasteiger partial charge on any atom is -0.438 e. The molecule has 0 spiro atoms. The first-order valence-corrected chi connectivity index (χ1v) is 18.5. The van der Waals surface area contributed by atoms with Gasteiger partial charge in [-0.25, -0.2) is 9.97 Å². The number of nitrogens with zero attached hydrogens (tertiary/aromatic N) is 4. The molecule has 56 heavy (non-hydrogen) atoms. The molecule has 0 radical (unpaired) electrons. The van der Waals surface area contributed by atoms with Crippen LogP contribution in [0.1, 0.15) is 0 Å². The molecule has 7 aromatic carbocycles. The summed E-state index contributed by atoms with van der Waals surface area (Å²) in [6.07, 6.45) is 0. The molecule has 11 rings (SSSR count). The topological polar surface area (TPSA) is 77.8 Å². The average molecular weight is 719 g/mol. The number of hydrogen-bond donors (Lipinski definition) is 0. The number of fused-ring (bicyclic) bond motifs is 6. The molecule has 6 heteroatoms. The van der Waals surface area contributed by atoms with Crippen molar-refractivity contribution in [2.45, 2.75) is 0 Å². The zero-order valence-electron chi connectivity index (χ0n) is 29.9. The van der Waals surface area contributed by atoms with E-state index in [9.17, 15) is 0 Å². The van der Waals surface area contributed by atoms with Gasteiger partial charge in [0.25, 0.3) is 0 Å². The van der Waals surface area contributed by atoms with E-state index in [2.05, 4.69) is 109 Å². The molecule has 262 valence electrons. The zero-order chi connectivity index (χ0) is 37.0. The predicted octanol–water partition coefficient (Wildman–Crippen LogP) is 13.1. The number of hydrogen-bond acceptors (Lipinski definition) is 6. The summed E-state index contributed by atoms with van der Waals surface area (Å²) in [5.74, 6) is 1.08. The van der Waals surface area contributed by atoms with Crippen LogP contribution in [0, 0.1) is 0 Å². The van der Waals surface area contributed by atoms with Gasteiger partial charge in [0.15, 0.2) is 11.6 Å². The lowest BCUT2D eigenvalue weighted by Crippen LogP contribution is -1.96. The first kappa shape index (κ1) is 31.8. The van der Waals surface area contributed by atoms with Gasteiger partial charge >= 0.3 is 0 Å². The van der Waals surface area contributed by atoms with Gasteiger partial charge in [-0.3, -0.25) is 0 Å². The second-order valence-corrected chi connectivity index (χ2v) is 13.8. The number of benzene rings is 7. The zero-order valence-corrected chi connectivity index (χ0v) is 29.9. The van der Waals surface area contributed by atoms with Crippen LogP contribution in [0.3, 0.4) is 0 Å². The van der Waals surface area contributed by atoms with Crippen LogP contribution in [0.2, 0.25) is 0 Å². The van der Waals surface area contributed by atoms with Gasteiger partial charge in [0.2, 0.25) is 11.4 Å². The van der Waals surface area contributed by atoms with Crippen molar-refractivity contribution in [3.63, 3.8) is 0 Å². The predicted molar refractivity (Wildman–Crippen MR) is 225 cm³/mol. The van der Waals surface area contributed by atoms with E-state index in [0.29, 0.717) is 23.1 Å². The highest BCUT2D eigenvalue weighted by Crippen LogP contribution is 2.40. The molecule has 0 aliphatic heterocycles. The number of rotatable bonds is 6. The van der Waals surface area contributed by atoms with Crippen molar-refractivity contribution in [1.82, 2.24) is 19.9 Å². The first-order valence-electron chi connectivity index (χ1n) is 18.5. The Hall–Kier alpha value is -7.70. The van der Waals surface area contributed by atoms with Crippen LogP contribution in [0.25, 0.3) is 112 Å². The third-order valence-corrected chi connectivity index (χ3v) is 10.3. The van der Waals surface area contributed by atoms with Crippen molar-refractivity contribution in [1.29, 1.82) is 0 Å². The van der Waals surface area contributed by atoms with Crippen molar-refractivity contribution < 1.29 is 8.83 Å². The van der Waals surface area contributed by atoms with E-state index < -0.39 is 0 Å². The third-order valence-electron chi connectivity index (χ3n) is 10.3. The molecule has 0 saturated heterocycles. The summed E-state index contributed by atoms with van der Waals surface area (Å²) in [5, 5.41) is 3.71. The average Bonchev–Trinajstić information content (AvgIpc) is 3.85. The summed E-state index contributed by atoms with van der Waals surface area (Å²) in [4.78, 5) is 20.6.